The van der Waals surface area contributed by atoms with E-state index < -0.39 is 23.9 Å². The van der Waals surface area contributed by atoms with Crippen LogP contribution < -0.4 is 36.6 Å². The molecule has 1 unspecified atom stereocenters. The Kier molecular flexibility index (Phi) is 8.76. The number of aromatic amines is 1. The summed E-state index contributed by atoms with van der Waals surface area (Å²) in [7, 11) is 1.30. The molecular formula is C35H38MgN4O5. The zero-order chi connectivity index (χ0) is 31.6. The third-order valence-corrected chi connectivity index (χ3v) is 9.86. The number of nitrogens with zero attached hydrogens (tertiary/aromatic N) is 2. The summed E-state index contributed by atoms with van der Waals surface area (Å²) < 4.78 is 5.19. The minimum Gasteiger partial charge on any atom is -0.657 e. The molecule has 3 aliphatic rings. The van der Waals surface area contributed by atoms with E-state index in [-0.39, 0.29) is 47.1 Å². The number of carboxylic acid groups (broad SMARTS) is 1. The molecule has 4 atom stereocenters. The summed E-state index contributed by atoms with van der Waals surface area (Å²) in [5.74, 6) is -2.89. The Morgan fingerprint density at radius 1 is 1.04 bits per heavy atom. The number of ether oxygens (including phenoxy) is 1. The number of aliphatic carboxylic acids is 1. The Morgan fingerprint density at radius 3 is 2.38 bits per heavy atom. The summed E-state index contributed by atoms with van der Waals surface area (Å²) in [6.07, 6.45) is 9.04. The number of carboxylic acids is 1. The first-order chi connectivity index (χ1) is 21.0. The van der Waals surface area contributed by atoms with Gasteiger partial charge in [0.1, 0.15) is 11.7 Å². The van der Waals surface area contributed by atoms with Crippen molar-refractivity contribution >= 4 is 70.6 Å². The van der Waals surface area contributed by atoms with Gasteiger partial charge in [0.25, 0.3) is 0 Å². The fourth-order valence-corrected chi connectivity index (χ4v) is 7.40. The van der Waals surface area contributed by atoms with Gasteiger partial charge < -0.3 is 35.2 Å². The zero-order valence-corrected chi connectivity index (χ0v) is 28.1. The number of fused-ring (bicyclic) bond motifs is 8. The van der Waals surface area contributed by atoms with Gasteiger partial charge >= 0.3 is 35.0 Å². The molecule has 5 heterocycles. The van der Waals surface area contributed by atoms with Gasteiger partial charge in [-0.25, -0.2) is 0 Å². The predicted molar refractivity (Wildman–Crippen MR) is 175 cm³/mol. The molecule has 9 nitrogen and oxygen atoms in total. The Bertz CT molecular complexity index is 2030. The molecule has 230 valence electrons. The molecule has 1 aliphatic carbocycles. The molecule has 4 N–H and O–H groups in total. The fourth-order valence-electron chi connectivity index (χ4n) is 7.40. The zero-order valence-electron chi connectivity index (χ0n) is 26.7. The number of H-pyrrole nitrogens is 1. The normalized spacial score (nSPS) is 24.0. The summed E-state index contributed by atoms with van der Waals surface area (Å²) in [6.45, 7) is 14.3. The number of methoxy groups -OCH3 is 1. The van der Waals surface area contributed by atoms with Gasteiger partial charge in [-0.2, -0.15) is 0 Å². The number of carbonyl (C=O) groups excluding carboxylic acids is 1. The first-order valence-electron chi connectivity index (χ1n) is 15.1. The smallest absolute Gasteiger partial charge is 0.657 e. The monoisotopic (exact) mass is 618 g/mol. The second kappa shape index (κ2) is 12.1. The third-order valence-electron chi connectivity index (χ3n) is 9.86. The van der Waals surface area contributed by atoms with Crippen LogP contribution in [-0.4, -0.2) is 63.3 Å². The Morgan fingerprint density at radius 2 is 1.73 bits per heavy atom. The van der Waals surface area contributed by atoms with E-state index in [0.29, 0.717) is 28.3 Å². The van der Waals surface area contributed by atoms with Crippen molar-refractivity contribution in [2.45, 2.75) is 59.9 Å². The van der Waals surface area contributed by atoms with E-state index in [1.165, 1.54) is 7.11 Å². The molecule has 1 fully saturated rings. The van der Waals surface area contributed by atoms with Gasteiger partial charge in [0.05, 0.1) is 13.2 Å². The maximum absolute atomic E-state index is 13.3. The molecule has 3 aromatic heterocycles. The molecule has 10 heteroatoms. The third kappa shape index (κ3) is 5.08. The topological polar surface area (TPSA) is 140 Å². The molecule has 0 aromatic carbocycles. The van der Waals surface area contributed by atoms with E-state index in [9.17, 15) is 19.8 Å². The molecule has 2 aliphatic heterocycles. The van der Waals surface area contributed by atoms with Crippen LogP contribution in [0.5, 0.6) is 0 Å². The van der Waals surface area contributed by atoms with E-state index in [4.69, 9.17) is 14.7 Å². The maximum Gasteiger partial charge on any atom is 2.00 e. The second-order valence-corrected chi connectivity index (χ2v) is 12.1. The number of hydrogen-bond acceptors (Lipinski definition) is 5. The number of rotatable bonds is 6. The molecule has 6 rings (SSSR count). The molecule has 3 aromatic rings. The Labute approximate surface area is 277 Å². The van der Waals surface area contributed by atoms with Crippen LogP contribution in [0.25, 0.3) is 35.6 Å². The van der Waals surface area contributed by atoms with Gasteiger partial charge in [-0.15, -0.1) is 22.4 Å². The number of nitrogens with one attached hydrogen (secondary N) is 2. The minimum atomic E-state index is -1.04. The van der Waals surface area contributed by atoms with Crippen molar-refractivity contribution < 1.29 is 24.5 Å². The summed E-state index contributed by atoms with van der Waals surface area (Å²) >= 11 is 0. The van der Waals surface area contributed by atoms with Gasteiger partial charge in [0, 0.05) is 34.0 Å². The number of allylic oxidation sites excluding steroid dienone is 1. The van der Waals surface area contributed by atoms with Gasteiger partial charge in [0.2, 0.25) is 0 Å². The quantitative estimate of drug-likeness (QED) is 0.240. The first-order valence-corrected chi connectivity index (χ1v) is 15.1. The molecule has 1 saturated heterocycles. The SMILES string of the molecule is C=Cc1c2[n-]c(c1C)/C=C1\NC(C3=c4[n-]c(c(C)c4=C(O)[C@@H]3C(=O)OC)/C=c3\[nH]/c(c(C)c3CC)=C\2)[C@@H](CCC(=O)O)[C@@H]1C.[Mg+2]. The van der Waals surface area contributed by atoms with Crippen molar-refractivity contribution in [3.05, 3.63) is 78.4 Å². The minimum absolute atomic E-state index is 0. The Hall–Kier alpha value is -3.89. The molecule has 0 amide bonds. The average Bonchev–Trinajstić information content (AvgIpc) is 3.72. The molecule has 0 spiro atoms. The summed E-state index contributed by atoms with van der Waals surface area (Å²) in [5, 5.41) is 27.8. The van der Waals surface area contributed by atoms with Crippen LogP contribution >= 0.6 is 0 Å². The van der Waals surface area contributed by atoms with Crippen molar-refractivity contribution in [1.82, 2.24) is 20.3 Å². The molecule has 45 heavy (non-hydrogen) atoms. The van der Waals surface area contributed by atoms with E-state index in [2.05, 4.69) is 43.7 Å². The van der Waals surface area contributed by atoms with Crippen LogP contribution in [-0.2, 0) is 20.7 Å². The largest absolute Gasteiger partial charge is 2.00 e. The van der Waals surface area contributed by atoms with Gasteiger partial charge in [0.15, 0.2) is 0 Å². The van der Waals surface area contributed by atoms with Crippen molar-refractivity contribution in [3.8, 4) is 0 Å². The van der Waals surface area contributed by atoms with Crippen LogP contribution in [0.15, 0.2) is 12.3 Å². The number of hydrogen-bond donors (Lipinski definition) is 4. The summed E-state index contributed by atoms with van der Waals surface area (Å²) in [5.41, 5.74) is 8.76. The maximum atomic E-state index is 13.3. The second-order valence-electron chi connectivity index (χ2n) is 12.1. The van der Waals surface area contributed by atoms with Crippen molar-refractivity contribution in [2.75, 3.05) is 7.11 Å². The number of esters is 1. The van der Waals surface area contributed by atoms with E-state index in [1.807, 2.05) is 32.1 Å². The number of aliphatic hydroxyl groups excluding tert-OH is 1. The predicted octanol–water partition coefficient (Wildman–Crippen LogP) is 1.40. The first kappa shape index (κ1) is 32.5. The molecule has 0 saturated carbocycles. The van der Waals surface area contributed by atoms with Crippen LogP contribution in [0, 0.1) is 38.5 Å². The molecule has 0 radical (unpaired) electrons. The van der Waals surface area contributed by atoms with E-state index in [0.717, 1.165) is 62.0 Å². The number of aromatic nitrogens is 3. The van der Waals surface area contributed by atoms with E-state index >= 15 is 0 Å². The van der Waals surface area contributed by atoms with Crippen LogP contribution in [0.2, 0.25) is 0 Å². The summed E-state index contributed by atoms with van der Waals surface area (Å²) in [4.78, 5) is 38.7. The standard InChI is InChI=1S/C35H38N4O5.Mg/c1-8-19-15(3)22-12-24-17(5)21(10-11-28(40)41)32(38-24)30-31(35(43)44-7)34(42)29-18(6)25(39-33(29)30)14-27-20(9-2)16(4)23(37-27)13-26(19)36-22;/h8,12-14,17,21,31-32,37-38,42H,1,9-11H2,2-7H3,(H,40,41);/q-2;+2/b23-13-,24-12-,27-14-;/t17-,21-,31+,32?;/m0./s1. The number of aliphatic hydroxyl groups is 1. The fraction of sp³-hybridized carbons (Fsp3) is 0.371. The van der Waals surface area contributed by atoms with Crippen molar-refractivity contribution in [1.29, 1.82) is 0 Å². The van der Waals surface area contributed by atoms with Crippen LogP contribution in [0.3, 0.4) is 0 Å². The molecule has 8 bridgehead atoms. The Balaban J connectivity index is 0.00000400. The van der Waals surface area contributed by atoms with Crippen molar-refractivity contribution in [2.24, 2.45) is 17.8 Å². The van der Waals surface area contributed by atoms with Crippen molar-refractivity contribution in [3.63, 3.8) is 0 Å². The van der Waals surface area contributed by atoms with Gasteiger partial charge in [-0.3, -0.25) is 9.59 Å². The molecular weight excluding hydrogens is 581 g/mol. The van der Waals surface area contributed by atoms with Crippen LogP contribution in [0.1, 0.15) is 71.6 Å². The average molecular weight is 619 g/mol. The van der Waals surface area contributed by atoms with Gasteiger partial charge in [-0.1, -0.05) is 55.9 Å². The summed E-state index contributed by atoms with van der Waals surface area (Å²) in [6, 6.07) is -0.469. The van der Waals surface area contributed by atoms with E-state index in [1.54, 1.807) is 0 Å². The number of carbonyl (C=O) groups is 2. The van der Waals surface area contributed by atoms with Crippen LogP contribution in [0.4, 0.5) is 0 Å². The van der Waals surface area contributed by atoms with Gasteiger partial charge in [-0.05, 0) is 61.8 Å².